The second-order valence-corrected chi connectivity index (χ2v) is 6.57. The van der Waals surface area contributed by atoms with Crippen molar-refractivity contribution in [3.63, 3.8) is 0 Å². The Morgan fingerprint density at radius 3 is 2.56 bits per heavy atom. The zero-order chi connectivity index (χ0) is 19.8. The molecule has 0 aliphatic carbocycles. The van der Waals surface area contributed by atoms with E-state index in [1.54, 1.807) is 13.0 Å². The molecule has 1 aromatic carbocycles. The van der Waals surface area contributed by atoms with Gasteiger partial charge in [0.25, 0.3) is 0 Å². The first kappa shape index (κ1) is 18.6. The van der Waals surface area contributed by atoms with E-state index in [1.807, 2.05) is 0 Å². The van der Waals surface area contributed by atoms with Crippen LogP contribution < -0.4 is 9.47 Å². The molecule has 27 heavy (non-hydrogen) atoms. The van der Waals surface area contributed by atoms with Gasteiger partial charge in [-0.05, 0) is 30.7 Å². The monoisotopic (exact) mass is 374 g/mol. The Balaban J connectivity index is 2.00. The molecule has 0 spiro atoms. The summed E-state index contributed by atoms with van der Waals surface area (Å²) in [6, 6.07) is 3.00. The van der Waals surface area contributed by atoms with Gasteiger partial charge >= 0.3 is 17.9 Å². The number of rotatable bonds is 4. The van der Waals surface area contributed by atoms with Crippen molar-refractivity contribution in [2.75, 3.05) is 0 Å². The molecule has 0 fully saturated rings. The van der Waals surface area contributed by atoms with Crippen molar-refractivity contribution in [3.05, 3.63) is 35.4 Å². The van der Waals surface area contributed by atoms with E-state index in [1.165, 1.54) is 32.1 Å². The van der Waals surface area contributed by atoms with Crippen LogP contribution in [0.15, 0.2) is 24.3 Å². The highest BCUT2D eigenvalue weighted by molar-refractivity contribution is 6.03. The molecule has 2 atom stereocenters. The first-order valence-electron chi connectivity index (χ1n) is 8.27. The summed E-state index contributed by atoms with van der Waals surface area (Å²) >= 11 is 0. The van der Waals surface area contributed by atoms with E-state index in [4.69, 9.17) is 18.9 Å². The number of Topliss-reactive ketones (excluding diaryl/α,β-unsaturated/α-hetero) is 1. The van der Waals surface area contributed by atoms with Crippen molar-refractivity contribution in [1.29, 1.82) is 0 Å². The lowest BCUT2D eigenvalue weighted by atomic mass is 9.86. The number of fused-ring (bicyclic) bond motifs is 1. The van der Waals surface area contributed by atoms with Crippen LogP contribution >= 0.6 is 0 Å². The summed E-state index contributed by atoms with van der Waals surface area (Å²) < 4.78 is 21.3. The number of ether oxygens (including phenoxy) is 4. The number of hydrogen-bond acceptors (Lipinski definition) is 8. The maximum Gasteiger partial charge on any atom is 0.331 e. The molecule has 0 unspecified atom stereocenters. The number of ketones is 1. The van der Waals surface area contributed by atoms with Crippen molar-refractivity contribution >= 4 is 23.7 Å². The maximum absolute atomic E-state index is 12.8. The SMILES string of the molecule is CC(=O)OCc1cc(OC(C)=O)c2c(c1)O[C@@](C)([C@@H]1C=CC(=O)O1)CC2=O. The molecule has 2 heterocycles. The Morgan fingerprint density at radius 2 is 1.96 bits per heavy atom. The maximum atomic E-state index is 12.8. The molecule has 0 amide bonds. The summed E-state index contributed by atoms with van der Waals surface area (Å²) in [5.74, 6) is -1.70. The molecule has 142 valence electrons. The highest BCUT2D eigenvalue weighted by Crippen LogP contribution is 2.42. The average molecular weight is 374 g/mol. The predicted octanol–water partition coefficient (Wildman–Crippen LogP) is 1.88. The number of carbonyl (C=O) groups excluding carboxylic acids is 4. The van der Waals surface area contributed by atoms with Crippen LogP contribution in [0, 0.1) is 0 Å². The standard InChI is InChI=1S/C19H18O8/c1-10(20)24-9-12-6-14(25-11(2)21)18-13(22)8-19(3,27-15(18)7-12)16-4-5-17(23)26-16/h4-7,16H,8-9H2,1-3H3/t16-,19+/m0/s1. The summed E-state index contributed by atoms with van der Waals surface area (Å²) in [5.41, 5.74) is -0.501. The molecule has 1 aromatic rings. The van der Waals surface area contributed by atoms with Gasteiger partial charge in [-0.25, -0.2) is 4.79 Å². The van der Waals surface area contributed by atoms with Gasteiger partial charge in [-0.2, -0.15) is 0 Å². The fraction of sp³-hybridized carbons (Fsp3) is 0.368. The third kappa shape index (κ3) is 3.84. The van der Waals surface area contributed by atoms with Crippen molar-refractivity contribution in [1.82, 2.24) is 0 Å². The van der Waals surface area contributed by atoms with Gasteiger partial charge in [0.1, 0.15) is 23.7 Å². The van der Waals surface area contributed by atoms with Crippen LogP contribution in [-0.4, -0.2) is 35.4 Å². The van der Waals surface area contributed by atoms with Crippen LogP contribution in [-0.2, 0) is 30.5 Å². The van der Waals surface area contributed by atoms with Gasteiger partial charge in [0.05, 0.1) is 6.42 Å². The van der Waals surface area contributed by atoms with Gasteiger partial charge in [0.15, 0.2) is 17.5 Å². The van der Waals surface area contributed by atoms with E-state index in [9.17, 15) is 19.2 Å². The zero-order valence-corrected chi connectivity index (χ0v) is 15.1. The van der Waals surface area contributed by atoms with E-state index in [0.29, 0.717) is 5.56 Å². The third-order valence-corrected chi connectivity index (χ3v) is 4.21. The Morgan fingerprint density at radius 1 is 1.22 bits per heavy atom. The lowest BCUT2D eigenvalue weighted by Gasteiger charge is -2.38. The Bertz CT molecular complexity index is 869. The quantitative estimate of drug-likeness (QED) is 0.581. The number of carbonyl (C=O) groups is 4. The van der Waals surface area contributed by atoms with E-state index >= 15 is 0 Å². The van der Waals surface area contributed by atoms with Crippen molar-refractivity contribution in [3.8, 4) is 11.5 Å². The van der Waals surface area contributed by atoms with E-state index in [0.717, 1.165) is 0 Å². The van der Waals surface area contributed by atoms with Gasteiger partial charge in [-0.15, -0.1) is 0 Å². The smallest absolute Gasteiger partial charge is 0.331 e. The first-order valence-corrected chi connectivity index (χ1v) is 8.27. The van der Waals surface area contributed by atoms with Gasteiger partial charge in [0.2, 0.25) is 0 Å². The molecule has 3 rings (SSSR count). The van der Waals surface area contributed by atoms with E-state index in [-0.39, 0.29) is 35.9 Å². The largest absolute Gasteiger partial charge is 0.482 e. The Hall–Kier alpha value is -3.16. The summed E-state index contributed by atoms with van der Waals surface area (Å²) in [4.78, 5) is 46.7. The van der Waals surface area contributed by atoms with Crippen LogP contribution in [0.3, 0.4) is 0 Å². The minimum atomic E-state index is -1.11. The minimum absolute atomic E-state index is 0.0353. The molecule has 0 aromatic heterocycles. The average Bonchev–Trinajstić information content (AvgIpc) is 2.99. The minimum Gasteiger partial charge on any atom is -0.482 e. The zero-order valence-electron chi connectivity index (χ0n) is 15.1. The second kappa shape index (κ2) is 6.86. The van der Waals surface area contributed by atoms with Crippen LogP contribution in [0.4, 0.5) is 0 Å². The van der Waals surface area contributed by atoms with Gasteiger partial charge < -0.3 is 18.9 Å². The van der Waals surface area contributed by atoms with Crippen LogP contribution in [0.25, 0.3) is 0 Å². The first-order chi connectivity index (χ1) is 12.7. The molecule has 0 radical (unpaired) electrons. The van der Waals surface area contributed by atoms with Crippen LogP contribution in [0.2, 0.25) is 0 Å². The summed E-state index contributed by atoms with van der Waals surface area (Å²) in [6.07, 6.45) is 2.02. The molecule has 2 aliphatic heterocycles. The molecule has 0 saturated heterocycles. The van der Waals surface area contributed by atoms with Gasteiger partial charge in [-0.3, -0.25) is 14.4 Å². The van der Waals surface area contributed by atoms with Gasteiger partial charge in [0, 0.05) is 19.9 Å². The van der Waals surface area contributed by atoms with Gasteiger partial charge in [-0.1, -0.05) is 0 Å². The normalized spacial score (nSPS) is 23.3. The lowest BCUT2D eigenvalue weighted by molar-refractivity contribution is -0.147. The molecular formula is C19H18O8. The fourth-order valence-electron chi connectivity index (χ4n) is 3.05. The number of cyclic esters (lactones) is 1. The van der Waals surface area contributed by atoms with Crippen molar-refractivity contribution < 1.29 is 38.1 Å². The van der Waals surface area contributed by atoms with Crippen molar-refractivity contribution in [2.24, 2.45) is 0 Å². The van der Waals surface area contributed by atoms with Crippen LogP contribution in [0.5, 0.6) is 11.5 Å². The lowest BCUT2D eigenvalue weighted by Crippen LogP contribution is -2.49. The molecule has 8 heteroatoms. The number of esters is 3. The Labute approximate surface area is 155 Å². The second-order valence-electron chi connectivity index (χ2n) is 6.57. The summed E-state index contributed by atoms with van der Waals surface area (Å²) in [7, 11) is 0. The topological polar surface area (TPSA) is 105 Å². The van der Waals surface area contributed by atoms with E-state index < -0.39 is 29.6 Å². The fourth-order valence-corrected chi connectivity index (χ4v) is 3.05. The Kier molecular flexibility index (Phi) is 4.73. The number of benzene rings is 1. The van der Waals surface area contributed by atoms with Crippen molar-refractivity contribution in [2.45, 2.75) is 45.5 Å². The summed E-state index contributed by atoms with van der Waals surface area (Å²) in [6.45, 7) is 4.06. The third-order valence-electron chi connectivity index (χ3n) is 4.21. The predicted molar refractivity (Wildman–Crippen MR) is 90.2 cm³/mol. The molecule has 8 nitrogen and oxygen atoms in total. The highest BCUT2D eigenvalue weighted by Gasteiger charge is 2.46. The van der Waals surface area contributed by atoms with Crippen LogP contribution in [0.1, 0.15) is 43.1 Å². The number of hydrogen-bond donors (Lipinski definition) is 0. The molecule has 0 N–H and O–H groups in total. The van der Waals surface area contributed by atoms with E-state index in [2.05, 4.69) is 0 Å². The molecular weight excluding hydrogens is 356 g/mol. The molecule has 0 bridgehead atoms. The highest BCUT2D eigenvalue weighted by atomic mass is 16.6. The molecule has 0 saturated carbocycles. The molecule has 2 aliphatic rings. The summed E-state index contributed by atoms with van der Waals surface area (Å²) in [5, 5.41) is 0.